The molecule has 1 aliphatic rings. The summed E-state index contributed by atoms with van der Waals surface area (Å²) in [7, 11) is 2.20. The molecule has 0 aromatic heterocycles. The van der Waals surface area contributed by atoms with Gasteiger partial charge in [-0.1, -0.05) is 41.9 Å². The lowest BCUT2D eigenvalue weighted by molar-refractivity contribution is 0.122. The monoisotopic (exact) mass is 338 g/mol. The average molecular weight is 339 g/mol. The molecule has 0 heterocycles. The van der Waals surface area contributed by atoms with Crippen molar-refractivity contribution >= 4 is 15.9 Å². The summed E-state index contributed by atoms with van der Waals surface area (Å²) in [6.07, 6.45) is 3.68. The van der Waals surface area contributed by atoms with Crippen molar-refractivity contribution in [3.63, 3.8) is 0 Å². The number of nitrogens with two attached hydrogens (primary N) is 1. The number of hydrogen-bond acceptors (Lipinski definition) is 2. The first-order valence-electron chi connectivity index (χ1n) is 7.54. The van der Waals surface area contributed by atoms with E-state index >= 15 is 0 Å². The van der Waals surface area contributed by atoms with Gasteiger partial charge in [0, 0.05) is 23.6 Å². The van der Waals surface area contributed by atoms with Crippen LogP contribution in [-0.4, -0.2) is 24.5 Å². The predicted molar refractivity (Wildman–Crippen MR) is 89.6 cm³/mol. The van der Waals surface area contributed by atoms with E-state index in [2.05, 4.69) is 66.0 Å². The van der Waals surface area contributed by atoms with Crippen LogP contribution in [0.5, 0.6) is 0 Å². The molecule has 20 heavy (non-hydrogen) atoms. The minimum Gasteiger partial charge on any atom is -0.327 e. The van der Waals surface area contributed by atoms with Crippen molar-refractivity contribution in [2.75, 3.05) is 13.6 Å². The van der Waals surface area contributed by atoms with Crippen molar-refractivity contribution in [1.29, 1.82) is 0 Å². The van der Waals surface area contributed by atoms with Crippen LogP contribution in [0, 0.1) is 11.3 Å². The van der Waals surface area contributed by atoms with Crippen molar-refractivity contribution in [3.05, 3.63) is 34.3 Å². The van der Waals surface area contributed by atoms with E-state index in [0.717, 1.165) is 17.6 Å². The molecule has 0 spiro atoms. The quantitative estimate of drug-likeness (QED) is 0.897. The summed E-state index contributed by atoms with van der Waals surface area (Å²) in [6, 6.07) is 8.92. The van der Waals surface area contributed by atoms with Crippen LogP contribution in [0.4, 0.5) is 0 Å². The standard InChI is InChI=1S/C17H27BrN2/c1-17(2)8-7-16(19)14(10-17)12-20(3)11-13-5-4-6-15(18)9-13/h4-6,9,14,16H,7-8,10-12,19H2,1-3H3. The fourth-order valence-electron chi connectivity index (χ4n) is 3.37. The summed E-state index contributed by atoms with van der Waals surface area (Å²) < 4.78 is 1.15. The van der Waals surface area contributed by atoms with Gasteiger partial charge < -0.3 is 10.6 Å². The molecule has 2 unspecified atom stereocenters. The summed E-state index contributed by atoms with van der Waals surface area (Å²) in [5.74, 6) is 0.621. The third-order valence-corrected chi connectivity index (χ3v) is 4.96. The fourth-order valence-corrected chi connectivity index (χ4v) is 3.81. The molecule has 1 aromatic carbocycles. The van der Waals surface area contributed by atoms with Gasteiger partial charge in [0.2, 0.25) is 0 Å². The van der Waals surface area contributed by atoms with Crippen LogP contribution < -0.4 is 5.73 Å². The summed E-state index contributed by atoms with van der Waals surface area (Å²) in [5.41, 5.74) is 8.14. The Balaban J connectivity index is 1.91. The molecule has 1 aromatic rings. The van der Waals surface area contributed by atoms with Gasteiger partial charge in [0.25, 0.3) is 0 Å². The maximum Gasteiger partial charge on any atom is 0.0231 e. The minimum absolute atomic E-state index is 0.369. The molecule has 0 radical (unpaired) electrons. The summed E-state index contributed by atoms with van der Waals surface area (Å²) >= 11 is 3.54. The highest BCUT2D eigenvalue weighted by atomic mass is 79.9. The molecule has 112 valence electrons. The van der Waals surface area contributed by atoms with Gasteiger partial charge in [0.15, 0.2) is 0 Å². The molecular weight excluding hydrogens is 312 g/mol. The zero-order chi connectivity index (χ0) is 14.8. The van der Waals surface area contributed by atoms with E-state index in [1.54, 1.807) is 0 Å². The van der Waals surface area contributed by atoms with Gasteiger partial charge in [-0.2, -0.15) is 0 Å². The fraction of sp³-hybridized carbons (Fsp3) is 0.647. The van der Waals surface area contributed by atoms with E-state index in [9.17, 15) is 0 Å². The van der Waals surface area contributed by atoms with Crippen LogP contribution in [0.2, 0.25) is 0 Å². The highest BCUT2D eigenvalue weighted by Crippen LogP contribution is 2.38. The van der Waals surface area contributed by atoms with Crippen molar-refractivity contribution in [1.82, 2.24) is 4.90 Å². The molecule has 0 saturated heterocycles. The first kappa shape index (κ1) is 16.0. The van der Waals surface area contributed by atoms with E-state index in [1.807, 2.05) is 0 Å². The van der Waals surface area contributed by atoms with Crippen LogP contribution >= 0.6 is 15.9 Å². The third-order valence-electron chi connectivity index (χ3n) is 4.46. The highest BCUT2D eigenvalue weighted by molar-refractivity contribution is 9.10. The zero-order valence-electron chi connectivity index (χ0n) is 12.9. The number of benzene rings is 1. The molecule has 1 saturated carbocycles. The lowest BCUT2D eigenvalue weighted by Crippen LogP contribution is -2.44. The van der Waals surface area contributed by atoms with Crippen molar-refractivity contribution in [2.24, 2.45) is 17.1 Å². The molecule has 0 amide bonds. The summed E-state index contributed by atoms with van der Waals surface area (Å²) in [6.45, 7) is 6.83. The molecular formula is C17H27BrN2. The van der Waals surface area contributed by atoms with Gasteiger partial charge in [0.05, 0.1) is 0 Å². The Morgan fingerprint density at radius 2 is 2.15 bits per heavy atom. The van der Waals surface area contributed by atoms with Gasteiger partial charge in [-0.3, -0.25) is 0 Å². The first-order chi connectivity index (χ1) is 9.35. The van der Waals surface area contributed by atoms with Crippen molar-refractivity contribution in [3.8, 4) is 0 Å². The van der Waals surface area contributed by atoms with Gasteiger partial charge >= 0.3 is 0 Å². The van der Waals surface area contributed by atoms with Crippen LogP contribution in [-0.2, 0) is 6.54 Å². The molecule has 2 nitrogen and oxygen atoms in total. The van der Waals surface area contributed by atoms with Gasteiger partial charge in [0.1, 0.15) is 0 Å². The first-order valence-corrected chi connectivity index (χ1v) is 8.34. The predicted octanol–water partition coefficient (Wildman–Crippen LogP) is 4.03. The molecule has 1 fully saturated rings. The van der Waals surface area contributed by atoms with Crippen LogP contribution in [0.15, 0.2) is 28.7 Å². The molecule has 3 heteroatoms. The number of hydrogen-bond donors (Lipinski definition) is 1. The largest absolute Gasteiger partial charge is 0.327 e. The van der Waals surface area contributed by atoms with E-state index in [1.165, 1.54) is 24.8 Å². The third kappa shape index (κ3) is 4.57. The molecule has 2 N–H and O–H groups in total. The molecule has 2 rings (SSSR count). The van der Waals surface area contributed by atoms with Gasteiger partial charge in [-0.25, -0.2) is 0 Å². The SMILES string of the molecule is CN(Cc1cccc(Br)c1)CC1CC(C)(C)CCC1N. The Morgan fingerprint density at radius 1 is 1.40 bits per heavy atom. The Hall–Kier alpha value is -0.380. The minimum atomic E-state index is 0.369. The summed E-state index contributed by atoms with van der Waals surface area (Å²) in [4.78, 5) is 2.41. The smallest absolute Gasteiger partial charge is 0.0231 e. The average Bonchev–Trinajstić information content (AvgIpc) is 2.33. The normalized spacial score (nSPS) is 25.9. The lowest BCUT2D eigenvalue weighted by atomic mass is 9.70. The van der Waals surface area contributed by atoms with Gasteiger partial charge in [-0.05, 0) is 55.3 Å². The second-order valence-corrected chi connectivity index (χ2v) is 8.07. The Bertz CT molecular complexity index is 444. The van der Waals surface area contributed by atoms with E-state index < -0.39 is 0 Å². The molecule has 0 aliphatic heterocycles. The number of halogens is 1. The van der Waals surface area contributed by atoms with Gasteiger partial charge in [-0.15, -0.1) is 0 Å². The second kappa shape index (κ2) is 6.59. The molecule has 0 bridgehead atoms. The summed E-state index contributed by atoms with van der Waals surface area (Å²) in [5, 5.41) is 0. The maximum atomic E-state index is 6.33. The highest BCUT2D eigenvalue weighted by Gasteiger charge is 2.33. The van der Waals surface area contributed by atoms with Crippen LogP contribution in [0.1, 0.15) is 38.7 Å². The second-order valence-electron chi connectivity index (χ2n) is 7.16. The van der Waals surface area contributed by atoms with Crippen LogP contribution in [0.25, 0.3) is 0 Å². The molecule has 2 atom stereocenters. The Morgan fingerprint density at radius 3 is 2.85 bits per heavy atom. The lowest BCUT2D eigenvalue weighted by Gasteiger charge is -2.40. The molecule has 1 aliphatic carbocycles. The van der Waals surface area contributed by atoms with Crippen molar-refractivity contribution < 1.29 is 0 Å². The number of rotatable bonds is 4. The zero-order valence-corrected chi connectivity index (χ0v) is 14.5. The Kier molecular flexibility index (Phi) is 5.27. The van der Waals surface area contributed by atoms with E-state index in [4.69, 9.17) is 5.73 Å². The van der Waals surface area contributed by atoms with Crippen molar-refractivity contribution in [2.45, 2.75) is 45.7 Å². The van der Waals surface area contributed by atoms with E-state index in [0.29, 0.717) is 17.4 Å². The Labute approximate surface area is 131 Å². The van der Waals surface area contributed by atoms with Crippen LogP contribution in [0.3, 0.4) is 0 Å². The number of nitrogens with zero attached hydrogens (tertiary/aromatic N) is 1. The maximum absolute atomic E-state index is 6.33. The topological polar surface area (TPSA) is 29.3 Å². The van der Waals surface area contributed by atoms with E-state index in [-0.39, 0.29) is 0 Å².